The van der Waals surface area contributed by atoms with Gasteiger partial charge in [-0.3, -0.25) is 9.59 Å². The molecule has 0 saturated carbocycles. The second-order valence-corrected chi connectivity index (χ2v) is 9.31. The van der Waals surface area contributed by atoms with Crippen molar-refractivity contribution in [2.45, 2.75) is 58.0 Å². The van der Waals surface area contributed by atoms with Crippen LogP contribution in [0.3, 0.4) is 0 Å². The standard InChI is InChI=1S/C27H32N4O3/c1-3-34-22-13-11-21(12-14-22)30-17-20(16-25(30)32)27-28-23-9-4-5-10-24(23)31(27)18-26(33)29-15-7-6-8-19(29)2/h4-5,9-14,19-20H,3,6-8,15-18H2,1-2H3. The highest BCUT2D eigenvalue weighted by atomic mass is 16.5. The van der Waals surface area contributed by atoms with E-state index in [0.717, 1.165) is 47.7 Å². The summed E-state index contributed by atoms with van der Waals surface area (Å²) in [7, 11) is 0. The molecule has 0 aliphatic carbocycles. The van der Waals surface area contributed by atoms with Crippen molar-refractivity contribution in [2.24, 2.45) is 0 Å². The molecule has 2 unspecified atom stereocenters. The molecule has 0 spiro atoms. The van der Waals surface area contributed by atoms with E-state index < -0.39 is 0 Å². The highest BCUT2D eigenvalue weighted by molar-refractivity contribution is 5.96. The molecule has 3 aromatic rings. The van der Waals surface area contributed by atoms with E-state index >= 15 is 0 Å². The Morgan fingerprint density at radius 1 is 1.12 bits per heavy atom. The number of rotatable bonds is 6. The van der Waals surface area contributed by atoms with Crippen molar-refractivity contribution < 1.29 is 14.3 Å². The van der Waals surface area contributed by atoms with Crippen LogP contribution in [0.25, 0.3) is 11.0 Å². The van der Waals surface area contributed by atoms with Gasteiger partial charge in [0.2, 0.25) is 11.8 Å². The number of hydrogen-bond acceptors (Lipinski definition) is 4. The van der Waals surface area contributed by atoms with Gasteiger partial charge in [-0.15, -0.1) is 0 Å². The van der Waals surface area contributed by atoms with Crippen LogP contribution >= 0.6 is 0 Å². The Balaban J connectivity index is 1.42. The third-order valence-electron chi connectivity index (χ3n) is 7.05. The summed E-state index contributed by atoms with van der Waals surface area (Å²) in [5.41, 5.74) is 2.67. The van der Waals surface area contributed by atoms with Crippen LogP contribution < -0.4 is 9.64 Å². The van der Waals surface area contributed by atoms with Gasteiger partial charge in [0.1, 0.15) is 18.1 Å². The van der Waals surface area contributed by atoms with Crippen molar-refractivity contribution in [1.82, 2.24) is 14.5 Å². The smallest absolute Gasteiger partial charge is 0.242 e. The minimum absolute atomic E-state index is 0.0713. The maximum atomic E-state index is 13.3. The normalized spacial score (nSPS) is 20.8. The molecule has 1 aromatic heterocycles. The number of fused-ring (bicyclic) bond motifs is 1. The lowest BCUT2D eigenvalue weighted by Crippen LogP contribution is -2.43. The molecule has 7 heteroatoms. The van der Waals surface area contributed by atoms with Gasteiger partial charge in [0.25, 0.3) is 0 Å². The molecular weight excluding hydrogens is 428 g/mol. The number of aromatic nitrogens is 2. The second kappa shape index (κ2) is 9.49. The third-order valence-corrected chi connectivity index (χ3v) is 7.05. The Labute approximate surface area is 200 Å². The number of likely N-dealkylation sites (tertiary alicyclic amines) is 1. The van der Waals surface area contributed by atoms with E-state index in [0.29, 0.717) is 19.6 Å². The number of para-hydroxylation sites is 2. The summed E-state index contributed by atoms with van der Waals surface area (Å²) >= 11 is 0. The fourth-order valence-corrected chi connectivity index (χ4v) is 5.29. The summed E-state index contributed by atoms with van der Waals surface area (Å²) < 4.78 is 7.57. The van der Waals surface area contributed by atoms with Crippen LogP contribution in [-0.2, 0) is 16.1 Å². The number of nitrogens with zero attached hydrogens (tertiary/aromatic N) is 4. The van der Waals surface area contributed by atoms with Crippen molar-refractivity contribution in [3.8, 4) is 5.75 Å². The van der Waals surface area contributed by atoms with Gasteiger partial charge in [-0.25, -0.2) is 4.98 Å². The molecule has 178 valence electrons. The van der Waals surface area contributed by atoms with Crippen molar-refractivity contribution in [3.05, 3.63) is 54.4 Å². The van der Waals surface area contributed by atoms with Crippen LogP contribution in [0, 0.1) is 0 Å². The molecule has 5 rings (SSSR count). The summed E-state index contributed by atoms with van der Waals surface area (Å²) in [6, 6.07) is 15.8. The van der Waals surface area contributed by atoms with Crippen molar-refractivity contribution >= 4 is 28.5 Å². The molecule has 2 saturated heterocycles. The van der Waals surface area contributed by atoms with Crippen LogP contribution in [-0.4, -0.2) is 52.0 Å². The SMILES string of the molecule is CCOc1ccc(N2CC(c3nc4ccccc4n3CC(=O)N3CCCCC3C)CC2=O)cc1. The lowest BCUT2D eigenvalue weighted by molar-refractivity contribution is -0.135. The zero-order chi connectivity index (χ0) is 23.7. The number of hydrogen-bond donors (Lipinski definition) is 0. The van der Waals surface area contributed by atoms with Crippen LogP contribution in [0.4, 0.5) is 5.69 Å². The van der Waals surface area contributed by atoms with E-state index in [1.165, 1.54) is 6.42 Å². The predicted molar refractivity (Wildman–Crippen MR) is 132 cm³/mol. The maximum Gasteiger partial charge on any atom is 0.242 e. The highest BCUT2D eigenvalue weighted by Crippen LogP contribution is 2.34. The Morgan fingerprint density at radius 3 is 2.68 bits per heavy atom. The number of imidazole rings is 1. The van der Waals surface area contributed by atoms with Crippen molar-refractivity contribution in [2.75, 3.05) is 24.6 Å². The van der Waals surface area contributed by atoms with Crippen LogP contribution in [0.2, 0.25) is 0 Å². The molecule has 7 nitrogen and oxygen atoms in total. The van der Waals surface area contributed by atoms with E-state index in [1.807, 2.05) is 69.8 Å². The number of carbonyl (C=O) groups is 2. The van der Waals surface area contributed by atoms with Gasteiger partial charge in [-0.05, 0) is 69.5 Å². The molecular formula is C27H32N4O3. The molecule has 0 radical (unpaired) electrons. The Morgan fingerprint density at radius 2 is 1.91 bits per heavy atom. The zero-order valence-corrected chi connectivity index (χ0v) is 19.9. The first kappa shape index (κ1) is 22.4. The lowest BCUT2D eigenvalue weighted by Gasteiger charge is -2.33. The quantitative estimate of drug-likeness (QED) is 0.548. The summed E-state index contributed by atoms with van der Waals surface area (Å²) in [5, 5.41) is 0. The Hall–Kier alpha value is -3.35. The zero-order valence-electron chi connectivity index (χ0n) is 19.9. The third kappa shape index (κ3) is 4.27. The summed E-state index contributed by atoms with van der Waals surface area (Å²) in [5.74, 6) is 1.74. The summed E-state index contributed by atoms with van der Waals surface area (Å²) in [6.07, 6.45) is 3.67. The molecule has 2 aromatic carbocycles. The number of benzene rings is 2. The van der Waals surface area contributed by atoms with Gasteiger partial charge in [-0.2, -0.15) is 0 Å². The average Bonchev–Trinajstić information content (AvgIpc) is 3.41. The van der Waals surface area contributed by atoms with Crippen LogP contribution in [0.1, 0.15) is 51.3 Å². The van der Waals surface area contributed by atoms with Gasteiger partial charge in [0.15, 0.2) is 0 Å². The molecule has 2 atom stereocenters. The van der Waals surface area contributed by atoms with E-state index in [2.05, 4.69) is 6.92 Å². The topological polar surface area (TPSA) is 67.7 Å². The van der Waals surface area contributed by atoms with Crippen LogP contribution in [0.15, 0.2) is 48.5 Å². The predicted octanol–water partition coefficient (Wildman–Crippen LogP) is 4.36. The molecule has 2 aliphatic heterocycles. The van der Waals surface area contributed by atoms with E-state index in [1.54, 1.807) is 0 Å². The molecule has 2 amide bonds. The number of anilines is 1. The van der Waals surface area contributed by atoms with Gasteiger partial charge in [0, 0.05) is 37.2 Å². The van der Waals surface area contributed by atoms with Gasteiger partial charge in [0.05, 0.1) is 17.6 Å². The fourth-order valence-electron chi connectivity index (χ4n) is 5.29. The van der Waals surface area contributed by atoms with E-state index in [4.69, 9.17) is 9.72 Å². The van der Waals surface area contributed by atoms with E-state index in [9.17, 15) is 9.59 Å². The van der Waals surface area contributed by atoms with Crippen molar-refractivity contribution in [3.63, 3.8) is 0 Å². The monoisotopic (exact) mass is 460 g/mol. The number of ether oxygens (including phenoxy) is 1. The molecule has 2 fully saturated rings. The van der Waals surface area contributed by atoms with Gasteiger partial charge >= 0.3 is 0 Å². The van der Waals surface area contributed by atoms with Gasteiger partial charge < -0.3 is 19.1 Å². The van der Waals surface area contributed by atoms with Crippen LogP contribution in [0.5, 0.6) is 5.75 Å². The maximum absolute atomic E-state index is 13.3. The first-order chi connectivity index (χ1) is 16.5. The Bertz CT molecular complexity index is 1190. The molecule has 0 bridgehead atoms. The van der Waals surface area contributed by atoms with E-state index in [-0.39, 0.29) is 30.3 Å². The average molecular weight is 461 g/mol. The highest BCUT2D eigenvalue weighted by Gasteiger charge is 2.35. The molecule has 3 heterocycles. The number of carbonyl (C=O) groups excluding carboxylic acids is 2. The lowest BCUT2D eigenvalue weighted by atomic mass is 10.0. The summed E-state index contributed by atoms with van der Waals surface area (Å²) in [4.78, 5) is 35.0. The molecule has 2 aliphatic rings. The van der Waals surface area contributed by atoms with Crippen molar-refractivity contribution in [1.29, 1.82) is 0 Å². The largest absolute Gasteiger partial charge is 0.494 e. The molecule has 0 N–H and O–H groups in total. The minimum Gasteiger partial charge on any atom is -0.494 e. The Kier molecular flexibility index (Phi) is 6.26. The summed E-state index contributed by atoms with van der Waals surface area (Å²) in [6.45, 7) is 6.31. The number of piperidine rings is 1. The van der Waals surface area contributed by atoms with Gasteiger partial charge in [-0.1, -0.05) is 12.1 Å². The second-order valence-electron chi connectivity index (χ2n) is 9.31. The fraction of sp³-hybridized carbons (Fsp3) is 0.444. The first-order valence-electron chi connectivity index (χ1n) is 12.3. The molecule has 34 heavy (non-hydrogen) atoms. The number of amides is 2. The minimum atomic E-state index is -0.0713. The first-order valence-corrected chi connectivity index (χ1v) is 12.3.